The predicted molar refractivity (Wildman–Crippen MR) is 132 cm³/mol. The quantitative estimate of drug-likeness (QED) is 0.209. The number of nitro groups is 1. The van der Waals surface area contributed by atoms with Crippen LogP contribution in [-0.4, -0.2) is 24.2 Å². The molecule has 33 heavy (non-hydrogen) atoms. The summed E-state index contributed by atoms with van der Waals surface area (Å²) in [6.45, 7) is 0.358. The molecule has 3 aromatic rings. The molecule has 0 aromatic heterocycles. The lowest BCUT2D eigenvalue weighted by Crippen LogP contribution is -2.20. The Morgan fingerprint density at radius 3 is 2.58 bits per heavy atom. The summed E-state index contributed by atoms with van der Waals surface area (Å²) >= 11 is 6.89. The van der Waals surface area contributed by atoms with E-state index in [0.717, 1.165) is 10.0 Å². The van der Waals surface area contributed by atoms with Gasteiger partial charge in [-0.1, -0.05) is 46.3 Å². The minimum atomic E-state index is -0.518. The molecule has 10 heteroatoms. The fraction of sp³-hybridized carbons (Fsp3) is 0.130. The van der Waals surface area contributed by atoms with E-state index in [1.807, 2.05) is 24.3 Å². The van der Waals surface area contributed by atoms with E-state index in [9.17, 15) is 14.9 Å². The van der Waals surface area contributed by atoms with Crippen LogP contribution in [0.1, 0.15) is 16.7 Å². The molecule has 170 valence electrons. The molecule has 0 bridgehead atoms. The highest BCUT2D eigenvalue weighted by Gasteiger charge is 2.15. The van der Waals surface area contributed by atoms with Crippen LogP contribution in [0.4, 0.5) is 5.69 Å². The molecule has 0 saturated heterocycles. The molecule has 0 heterocycles. The Morgan fingerprint density at radius 2 is 1.88 bits per heavy atom. The van der Waals surface area contributed by atoms with Gasteiger partial charge in [-0.15, -0.1) is 0 Å². The fourth-order valence-corrected chi connectivity index (χ4v) is 3.76. The van der Waals surface area contributed by atoms with Gasteiger partial charge in [0.25, 0.3) is 5.69 Å². The average molecular weight is 577 g/mol. The minimum Gasteiger partial charge on any atom is -0.493 e. The maximum absolute atomic E-state index is 12.2. The second-order valence-corrected chi connectivity index (χ2v) is 8.58. The molecule has 0 spiro atoms. The van der Waals surface area contributed by atoms with Crippen molar-refractivity contribution >= 4 is 49.7 Å². The number of hydrazone groups is 1. The van der Waals surface area contributed by atoms with Crippen LogP contribution in [-0.2, 0) is 17.8 Å². The van der Waals surface area contributed by atoms with E-state index in [1.54, 1.807) is 24.3 Å². The number of benzene rings is 3. The maximum Gasteiger partial charge on any atom is 0.273 e. The van der Waals surface area contributed by atoms with E-state index >= 15 is 0 Å². The van der Waals surface area contributed by atoms with Crippen LogP contribution < -0.4 is 14.9 Å². The number of amides is 1. The smallest absolute Gasteiger partial charge is 0.273 e. The van der Waals surface area contributed by atoms with Crippen LogP contribution in [0.5, 0.6) is 11.5 Å². The van der Waals surface area contributed by atoms with Gasteiger partial charge in [-0.3, -0.25) is 14.9 Å². The lowest BCUT2D eigenvalue weighted by atomic mass is 10.1. The third-order valence-electron chi connectivity index (χ3n) is 4.49. The highest BCUT2D eigenvalue weighted by Crippen LogP contribution is 2.37. The summed E-state index contributed by atoms with van der Waals surface area (Å²) < 4.78 is 13.0. The molecular formula is C23H19Br2N3O5. The first-order chi connectivity index (χ1) is 15.9. The first-order valence-corrected chi connectivity index (χ1v) is 11.2. The molecule has 0 aliphatic carbocycles. The molecule has 0 fully saturated rings. The highest BCUT2D eigenvalue weighted by molar-refractivity contribution is 9.10. The third kappa shape index (κ3) is 6.87. The Bertz CT molecular complexity index is 1180. The first kappa shape index (κ1) is 24.4. The zero-order valence-corrected chi connectivity index (χ0v) is 20.6. The number of hydrogen-bond acceptors (Lipinski definition) is 6. The second kappa shape index (κ2) is 11.6. The summed E-state index contributed by atoms with van der Waals surface area (Å²) in [5.74, 6) is 0.563. The number of rotatable bonds is 9. The van der Waals surface area contributed by atoms with Crippen molar-refractivity contribution in [3.63, 3.8) is 0 Å². The Labute approximate surface area is 207 Å². The Morgan fingerprint density at radius 1 is 1.15 bits per heavy atom. The molecule has 0 unspecified atom stereocenters. The predicted octanol–water partition coefficient (Wildman–Crippen LogP) is 5.40. The molecule has 3 aromatic carbocycles. The number of halogens is 2. The van der Waals surface area contributed by atoms with Gasteiger partial charge in [0.15, 0.2) is 11.5 Å². The average Bonchev–Trinajstić information content (AvgIpc) is 2.79. The normalized spacial score (nSPS) is 10.8. The monoisotopic (exact) mass is 575 g/mol. The van der Waals surface area contributed by atoms with Crippen LogP contribution in [0.15, 0.2) is 74.7 Å². The minimum absolute atomic E-state index is 0.107. The van der Waals surface area contributed by atoms with Crippen LogP contribution in [0, 0.1) is 10.1 Å². The van der Waals surface area contributed by atoms with Gasteiger partial charge in [0, 0.05) is 16.1 Å². The molecule has 1 amide bonds. The van der Waals surface area contributed by atoms with Gasteiger partial charge in [0.2, 0.25) is 5.91 Å². The van der Waals surface area contributed by atoms with Crippen molar-refractivity contribution in [1.29, 1.82) is 0 Å². The van der Waals surface area contributed by atoms with Crippen LogP contribution in [0.2, 0.25) is 0 Å². The van der Waals surface area contributed by atoms with E-state index in [-0.39, 0.29) is 12.1 Å². The van der Waals surface area contributed by atoms with Crippen LogP contribution in [0.3, 0.4) is 0 Å². The molecule has 0 aliphatic heterocycles. The van der Waals surface area contributed by atoms with E-state index in [1.165, 1.54) is 25.5 Å². The first-order valence-electron chi connectivity index (χ1n) is 9.66. The summed E-state index contributed by atoms with van der Waals surface area (Å²) in [4.78, 5) is 22.7. The lowest BCUT2D eigenvalue weighted by Gasteiger charge is -2.13. The zero-order valence-electron chi connectivity index (χ0n) is 17.5. The van der Waals surface area contributed by atoms with Crippen molar-refractivity contribution < 1.29 is 19.2 Å². The van der Waals surface area contributed by atoms with Crippen molar-refractivity contribution in [2.45, 2.75) is 13.0 Å². The SMILES string of the molecule is COc1cc(/C=N/NC(=O)Cc2ccccc2[N+](=O)[O-])cc(Br)c1OCc1ccc(Br)cc1. The number of nitrogens with zero attached hydrogens (tertiary/aromatic N) is 2. The Kier molecular flexibility index (Phi) is 8.56. The molecule has 8 nitrogen and oxygen atoms in total. The summed E-state index contributed by atoms with van der Waals surface area (Å²) in [5, 5.41) is 15.0. The number of nitrogens with one attached hydrogen (secondary N) is 1. The van der Waals surface area contributed by atoms with Gasteiger partial charge >= 0.3 is 0 Å². The van der Waals surface area contributed by atoms with Gasteiger partial charge in [0.05, 0.1) is 29.1 Å². The zero-order chi connectivity index (χ0) is 23.8. The topological polar surface area (TPSA) is 103 Å². The van der Waals surface area contributed by atoms with Crippen molar-refractivity contribution in [2.75, 3.05) is 7.11 Å². The maximum atomic E-state index is 12.2. The van der Waals surface area contributed by atoms with Crippen molar-refractivity contribution in [3.05, 3.63) is 96.4 Å². The van der Waals surface area contributed by atoms with Gasteiger partial charge in [0.1, 0.15) is 6.61 Å². The number of para-hydroxylation sites is 1. The molecule has 1 N–H and O–H groups in total. The van der Waals surface area contributed by atoms with Crippen LogP contribution >= 0.6 is 31.9 Å². The van der Waals surface area contributed by atoms with Gasteiger partial charge in [-0.2, -0.15) is 5.10 Å². The van der Waals surface area contributed by atoms with E-state index in [2.05, 4.69) is 42.4 Å². The number of carbonyl (C=O) groups is 1. The fourth-order valence-electron chi connectivity index (χ4n) is 2.92. The molecule has 0 radical (unpaired) electrons. The summed E-state index contributed by atoms with van der Waals surface area (Å²) in [6, 6.07) is 17.4. The van der Waals surface area contributed by atoms with Crippen molar-refractivity contribution in [2.24, 2.45) is 5.10 Å². The molecule has 0 atom stereocenters. The number of hydrogen-bond donors (Lipinski definition) is 1. The molecule has 0 saturated carbocycles. The lowest BCUT2D eigenvalue weighted by molar-refractivity contribution is -0.385. The summed E-state index contributed by atoms with van der Waals surface area (Å²) in [5.41, 5.74) is 4.24. The highest BCUT2D eigenvalue weighted by atomic mass is 79.9. The molecule has 3 rings (SSSR count). The largest absolute Gasteiger partial charge is 0.493 e. The number of carbonyl (C=O) groups excluding carboxylic acids is 1. The van der Waals surface area contributed by atoms with Crippen molar-refractivity contribution in [1.82, 2.24) is 5.43 Å². The molecule has 0 aliphatic rings. The summed E-state index contributed by atoms with van der Waals surface area (Å²) in [7, 11) is 1.53. The van der Waals surface area contributed by atoms with Gasteiger partial charge in [-0.05, 0) is 51.3 Å². The van der Waals surface area contributed by atoms with Gasteiger partial charge in [-0.25, -0.2) is 5.43 Å². The van der Waals surface area contributed by atoms with Crippen molar-refractivity contribution in [3.8, 4) is 11.5 Å². The van der Waals surface area contributed by atoms with Gasteiger partial charge < -0.3 is 9.47 Å². The number of ether oxygens (including phenoxy) is 2. The number of methoxy groups -OCH3 is 1. The summed E-state index contributed by atoms with van der Waals surface area (Å²) in [6.07, 6.45) is 1.29. The van der Waals surface area contributed by atoms with E-state index in [0.29, 0.717) is 33.7 Å². The van der Waals surface area contributed by atoms with Crippen LogP contribution in [0.25, 0.3) is 0 Å². The second-order valence-electron chi connectivity index (χ2n) is 6.81. The van der Waals surface area contributed by atoms with E-state index < -0.39 is 10.8 Å². The molecular weight excluding hydrogens is 558 g/mol. The standard InChI is InChI=1S/C23H19Br2N3O5/c1-32-21-11-16(10-19(25)23(21)33-14-15-6-8-18(24)9-7-15)13-26-27-22(29)12-17-4-2-3-5-20(17)28(30)31/h2-11,13H,12,14H2,1H3,(H,27,29)/b26-13+. The Balaban J connectivity index is 1.65. The Hall–Kier alpha value is -3.24. The number of nitro benzene ring substituents is 1. The third-order valence-corrected chi connectivity index (χ3v) is 5.61. The van der Waals surface area contributed by atoms with E-state index in [4.69, 9.17) is 9.47 Å².